The summed E-state index contributed by atoms with van der Waals surface area (Å²) in [5, 5.41) is 11.3. The van der Waals surface area contributed by atoms with E-state index < -0.39 is 17.5 Å². The number of carbonyl (C=O) groups excluding carboxylic acids is 2. The molecule has 0 fully saturated rings. The maximum absolute atomic E-state index is 12.3. The van der Waals surface area contributed by atoms with Crippen LogP contribution in [0.25, 0.3) is 10.2 Å². The lowest BCUT2D eigenvalue weighted by Crippen LogP contribution is -2.33. The lowest BCUT2D eigenvalue weighted by Gasteiger charge is -2.22. The summed E-state index contributed by atoms with van der Waals surface area (Å²) < 4.78 is 6.02. The molecule has 0 saturated carbocycles. The highest BCUT2D eigenvalue weighted by molar-refractivity contribution is 7.18. The Hall–Kier alpha value is -2.85. The molecule has 0 aliphatic heterocycles. The van der Waals surface area contributed by atoms with E-state index in [0.29, 0.717) is 11.3 Å². The van der Waals surface area contributed by atoms with Crippen molar-refractivity contribution in [2.75, 3.05) is 13.7 Å². The Bertz CT molecular complexity index is 980. The van der Waals surface area contributed by atoms with Crippen molar-refractivity contribution < 1.29 is 19.2 Å². The highest BCUT2D eigenvalue weighted by Gasteiger charge is 2.23. The number of benzene rings is 1. The summed E-state index contributed by atoms with van der Waals surface area (Å²) in [5.41, 5.74) is 0.871. The first-order chi connectivity index (χ1) is 12.9. The minimum absolute atomic E-state index is 0.0800. The summed E-state index contributed by atoms with van der Waals surface area (Å²) in [4.78, 5) is 40.4. The third-order valence-electron chi connectivity index (χ3n) is 3.94. The van der Waals surface area contributed by atoms with Gasteiger partial charge >= 0.3 is 11.0 Å². The van der Waals surface area contributed by atoms with Crippen LogP contribution in [0.1, 0.15) is 27.6 Å². The van der Waals surface area contributed by atoms with Gasteiger partial charge in [-0.1, -0.05) is 23.5 Å². The van der Waals surface area contributed by atoms with Crippen LogP contribution in [0.5, 0.6) is 0 Å². The highest BCUT2D eigenvalue weighted by Crippen LogP contribution is 2.29. The Morgan fingerprint density at radius 1 is 1.26 bits per heavy atom. The number of hydrogen-bond acceptors (Lipinski definition) is 8. The van der Waals surface area contributed by atoms with Gasteiger partial charge in [0.15, 0.2) is 6.61 Å². The lowest BCUT2D eigenvalue weighted by molar-refractivity contribution is -0.380. The second-order valence-corrected chi connectivity index (χ2v) is 7.80. The van der Waals surface area contributed by atoms with Gasteiger partial charge in [0.05, 0.1) is 21.2 Å². The second-order valence-electron chi connectivity index (χ2n) is 5.67. The van der Waals surface area contributed by atoms with Gasteiger partial charge in [-0.15, -0.1) is 11.3 Å². The summed E-state index contributed by atoms with van der Waals surface area (Å²) in [6.07, 6.45) is 0. The molecule has 1 atom stereocenters. The highest BCUT2D eigenvalue weighted by atomic mass is 32.1. The van der Waals surface area contributed by atoms with Gasteiger partial charge in [-0.05, 0) is 25.1 Å². The SMILES string of the molecule is C[C@H](c1nc2ccccc2s1)N(C)C(=O)COC(=O)c1ccc([N+](=O)[O-])s1. The van der Waals surface area contributed by atoms with Crippen LogP contribution in [0, 0.1) is 10.1 Å². The van der Waals surface area contributed by atoms with Gasteiger partial charge in [0.2, 0.25) is 0 Å². The number of thiophene rings is 1. The van der Waals surface area contributed by atoms with Crippen molar-refractivity contribution in [2.45, 2.75) is 13.0 Å². The van der Waals surface area contributed by atoms with Crippen LogP contribution in [0.3, 0.4) is 0 Å². The number of fused-ring (bicyclic) bond motifs is 1. The first-order valence-electron chi connectivity index (χ1n) is 7.89. The molecule has 3 rings (SSSR count). The van der Waals surface area contributed by atoms with Gasteiger partial charge in [-0.2, -0.15) is 0 Å². The first kappa shape index (κ1) is 18.9. The van der Waals surface area contributed by atoms with E-state index in [4.69, 9.17) is 4.74 Å². The number of aromatic nitrogens is 1. The Morgan fingerprint density at radius 2 is 2.00 bits per heavy atom. The number of nitro groups is 1. The van der Waals surface area contributed by atoms with Gasteiger partial charge in [0.25, 0.3) is 5.91 Å². The smallest absolute Gasteiger partial charge is 0.349 e. The number of ether oxygens (including phenoxy) is 1. The predicted molar refractivity (Wildman–Crippen MR) is 102 cm³/mol. The number of carbonyl (C=O) groups is 2. The molecule has 8 nitrogen and oxygen atoms in total. The summed E-state index contributed by atoms with van der Waals surface area (Å²) in [5.74, 6) is -1.15. The normalized spacial score (nSPS) is 11.9. The van der Waals surface area contributed by atoms with Crippen molar-refractivity contribution in [3.05, 3.63) is 56.4 Å². The Morgan fingerprint density at radius 3 is 2.67 bits per heavy atom. The summed E-state index contributed by atoms with van der Waals surface area (Å²) in [7, 11) is 1.61. The maximum Gasteiger partial charge on any atom is 0.349 e. The molecular weight excluding hydrogens is 390 g/mol. The molecule has 0 N–H and O–H groups in total. The topological polar surface area (TPSA) is 103 Å². The van der Waals surface area contributed by atoms with E-state index in [9.17, 15) is 19.7 Å². The summed E-state index contributed by atoms with van der Waals surface area (Å²) >= 11 is 2.21. The molecule has 0 aliphatic rings. The van der Waals surface area contributed by atoms with Crippen molar-refractivity contribution >= 4 is 49.8 Å². The molecule has 2 aromatic heterocycles. The second kappa shape index (κ2) is 7.80. The van der Waals surface area contributed by atoms with Gasteiger partial charge in [0.1, 0.15) is 9.88 Å². The van der Waals surface area contributed by atoms with Crippen LogP contribution in [0.4, 0.5) is 5.00 Å². The van der Waals surface area contributed by atoms with E-state index in [1.54, 1.807) is 7.05 Å². The lowest BCUT2D eigenvalue weighted by atomic mass is 10.3. The van der Waals surface area contributed by atoms with Crippen molar-refractivity contribution in [1.29, 1.82) is 0 Å². The third kappa shape index (κ3) is 4.12. The molecule has 27 heavy (non-hydrogen) atoms. The fourth-order valence-corrected chi connectivity index (χ4v) is 4.06. The van der Waals surface area contributed by atoms with Crippen LogP contribution >= 0.6 is 22.7 Å². The zero-order valence-corrected chi connectivity index (χ0v) is 16.1. The van der Waals surface area contributed by atoms with Gasteiger partial charge < -0.3 is 9.64 Å². The third-order valence-corrected chi connectivity index (χ3v) is 6.17. The number of thiazole rings is 1. The van der Waals surface area contributed by atoms with E-state index in [-0.39, 0.29) is 21.8 Å². The molecule has 10 heteroatoms. The molecular formula is C17H15N3O5S2. The molecule has 3 aromatic rings. The molecule has 0 radical (unpaired) electrons. The number of nitrogens with zero attached hydrogens (tertiary/aromatic N) is 3. The molecule has 2 heterocycles. The van der Waals surface area contributed by atoms with Crippen molar-refractivity contribution in [1.82, 2.24) is 9.88 Å². The molecule has 0 spiro atoms. The summed E-state index contributed by atoms with van der Waals surface area (Å²) in [6.45, 7) is 1.40. The minimum atomic E-state index is -0.762. The fourth-order valence-electron chi connectivity index (χ4n) is 2.29. The van der Waals surface area contributed by atoms with Crippen LogP contribution in [0.2, 0.25) is 0 Å². The van der Waals surface area contributed by atoms with Crippen LogP contribution in [-0.4, -0.2) is 40.3 Å². The van der Waals surface area contributed by atoms with Gasteiger partial charge in [-0.3, -0.25) is 14.9 Å². The number of esters is 1. The van der Waals surface area contributed by atoms with Gasteiger partial charge in [-0.25, -0.2) is 9.78 Å². The predicted octanol–water partition coefficient (Wildman–Crippen LogP) is 3.64. The minimum Gasteiger partial charge on any atom is -0.451 e. The molecule has 1 amide bonds. The van der Waals surface area contributed by atoms with Crippen molar-refractivity contribution in [3.8, 4) is 0 Å². The standard InChI is InChI=1S/C17H15N3O5S2/c1-10(16-18-11-5-3-4-6-12(11)27-16)19(2)14(21)9-25-17(22)13-7-8-15(26-13)20(23)24/h3-8,10H,9H2,1-2H3/t10-/m1/s1. The molecule has 0 bridgehead atoms. The van der Waals surface area contributed by atoms with E-state index in [0.717, 1.165) is 15.2 Å². The molecule has 140 valence electrons. The molecule has 1 aromatic carbocycles. The monoisotopic (exact) mass is 405 g/mol. The summed E-state index contributed by atoms with van der Waals surface area (Å²) in [6, 6.07) is 9.96. The number of likely N-dealkylation sites (N-methyl/N-ethyl adjacent to an activating group) is 1. The van der Waals surface area contributed by atoms with Crippen LogP contribution < -0.4 is 0 Å². The number of rotatable bonds is 6. The first-order valence-corrected chi connectivity index (χ1v) is 9.52. The molecule has 0 aliphatic carbocycles. The largest absolute Gasteiger partial charge is 0.451 e. The Kier molecular flexibility index (Phi) is 5.47. The van der Waals surface area contributed by atoms with Crippen molar-refractivity contribution in [3.63, 3.8) is 0 Å². The number of hydrogen-bond donors (Lipinski definition) is 0. The van der Waals surface area contributed by atoms with E-state index in [1.807, 2.05) is 31.2 Å². The van der Waals surface area contributed by atoms with Gasteiger partial charge in [0, 0.05) is 13.1 Å². The maximum atomic E-state index is 12.3. The average Bonchev–Trinajstić information content (AvgIpc) is 3.31. The van der Waals surface area contributed by atoms with Crippen LogP contribution in [0.15, 0.2) is 36.4 Å². The Labute approximate surface area is 162 Å². The van der Waals surface area contributed by atoms with Crippen LogP contribution in [-0.2, 0) is 9.53 Å². The average molecular weight is 405 g/mol. The number of amides is 1. The van der Waals surface area contributed by atoms with E-state index in [1.165, 1.54) is 28.4 Å². The Balaban J connectivity index is 1.60. The van der Waals surface area contributed by atoms with E-state index in [2.05, 4.69) is 4.98 Å². The molecule has 0 saturated heterocycles. The zero-order chi connectivity index (χ0) is 19.6. The quantitative estimate of drug-likeness (QED) is 0.352. The van der Waals surface area contributed by atoms with Crippen molar-refractivity contribution in [2.24, 2.45) is 0 Å². The van der Waals surface area contributed by atoms with E-state index >= 15 is 0 Å². The molecule has 0 unspecified atom stereocenters. The zero-order valence-electron chi connectivity index (χ0n) is 14.4. The fraction of sp³-hybridized carbons (Fsp3) is 0.235. The number of para-hydroxylation sites is 1.